The largest absolute Gasteiger partial charge is 0.367 e. The first-order chi connectivity index (χ1) is 9.22. The molecule has 100 valence electrons. The molecule has 0 aliphatic rings. The second-order valence-electron chi connectivity index (χ2n) is 4.15. The summed E-state index contributed by atoms with van der Waals surface area (Å²) in [4.78, 5) is 0. The highest BCUT2D eigenvalue weighted by Gasteiger charge is 2.14. The van der Waals surface area contributed by atoms with Gasteiger partial charge in [-0.05, 0) is 12.1 Å². The topological polar surface area (TPSA) is 35.2 Å². The number of rotatable bonds is 5. The molecule has 2 nitrogen and oxygen atoms in total. The maximum atomic E-state index is 13.5. The fourth-order valence-electron chi connectivity index (χ4n) is 1.83. The maximum Gasteiger partial charge on any atom is 0.128 e. The third-order valence-corrected chi connectivity index (χ3v) is 3.21. The molecule has 0 saturated carbocycles. The molecule has 2 aromatic rings. The van der Waals surface area contributed by atoms with Crippen molar-refractivity contribution in [3.8, 4) is 0 Å². The van der Waals surface area contributed by atoms with Gasteiger partial charge < -0.3 is 10.5 Å². The number of benzene rings is 2. The number of ether oxygens (including phenoxy) is 1. The standard InChI is InChI=1S/C15H15ClFNO/c16-13-7-3-2-6-12(13)15(9-18)19-10-11-5-1-4-8-14(11)17/h1-8,15H,9-10,18H2. The van der Waals surface area contributed by atoms with Crippen LogP contribution in [0.4, 0.5) is 4.39 Å². The minimum absolute atomic E-state index is 0.166. The predicted octanol–water partition coefficient (Wildman–Crippen LogP) is 3.70. The van der Waals surface area contributed by atoms with E-state index >= 15 is 0 Å². The molecule has 0 radical (unpaired) electrons. The Morgan fingerprint density at radius 3 is 2.47 bits per heavy atom. The average molecular weight is 280 g/mol. The highest BCUT2D eigenvalue weighted by Crippen LogP contribution is 2.25. The van der Waals surface area contributed by atoms with E-state index in [2.05, 4.69) is 0 Å². The molecule has 4 heteroatoms. The zero-order chi connectivity index (χ0) is 13.7. The molecule has 0 bridgehead atoms. The number of nitrogens with two attached hydrogens (primary N) is 1. The van der Waals surface area contributed by atoms with Crippen LogP contribution in [0.5, 0.6) is 0 Å². The summed E-state index contributed by atoms with van der Waals surface area (Å²) >= 11 is 6.10. The minimum atomic E-state index is -0.340. The van der Waals surface area contributed by atoms with Crippen molar-refractivity contribution in [3.05, 3.63) is 70.5 Å². The predicted molar refractivity (Wildman–Crippen MR) is 74.4 cm³/mol. The Morgan fingerprint density at radius 2 is 1.79 bits per heavy atom. The van der Waals surface area contributed by atoms with Crippen molar-refractivity contribution >= 4 is 11.6 Å². The zero-order valence-corrected chi connectivity index (χ0v) is 11.1. The summed E-state index contributed by atoms with van der Waals surface area (Å²) in [6, 6.07) is 13.9. The lowest BCUT2D eigenvalue weighted by Crippen LogP contribution is -2.16. The molecular weight excluding hydrogens is 265 g/mol. The van der Waals surface area contributed by atoms with E-state index in [1.165, 1.54) is 6.07 Å². The molecule has 2 N–H and O–H groups in total. The van der Waals surface area contributed by atoms with E-state index in [0.29, 0.717) is 10.6 Å². The minimum Gasteiger partial charge on any atom is -0.367 e. The summed E-state index contributed by atoms with van der Waals surface area (Å²) in [5.41, 5.74) is 7.03. The highest BCUT2D eigenvalue weighted by atomic mass is 35.5. The summed E-state index contributed by atoms with van der Waals surface area (Å²) in [6.45, 7) is 0.456. The first kappa shape index (κ1) is 14.0. The van der Waals surface area contributed by atoms with E-state index in [0.717, 1.165) is 5.56 Å². The molecule has 0 spiro atoms. The molecular formula is C15H15ClFNO. The van der Waals surface area contributed by atoms with Crippen LogP contribution in [-0.4, -0.2) is 6.54 Å². The van der Waals surface area contributed by atoms with Crippen molar-refractivity contribution < 1.29 is 9.13 Å². The second-order valence-corrected chi connectivity index (χ2v) is 4.56. The third kappa shape index (κ3) is 3.53. The van der Waals surface area contributed by atoms with Crippen LogP contribution in [0.3, 0.4) is 0 Å². The summed E-state index contributed by atoms with van der Waals surface area (Å²) in [5.74, 6) is -0.280. The molecule has 2 rings (SSSR count). The molecule has 0 aliphatic heterocycles. The van der Waals surface area contributed by atoms with Crippen LogP contribution in [0.15, 0.2) is 48.5 Å². The van der Waals surface area contributed by atoms with Gasteiger partial charge in [0.1, 0.15) is 5.82 Å². The maximum absolute atomic E-state index is 13.5. The first-order valence-corrected chi connectivity index (χ1v) is 6.39. The van der Waals surface area contributed by atoms with Gasteiger partial charge in [-0.15, -0.1) is 0 Å². The van der Waals surface area contributed by atoms with Crippen molar-refractivity contribution in [2.75, 3.05) is 6.54 Å². The Morgan fingerprint density at radius 1 is 1.11 bits per heavy atom. The molecule has 0 heterocycles. The Hall–Kier alpha value is -1.42. The lowest BCUT2D eigenvalue weighted by atomic mass is 10.1. The van der Waals surface area contributed by atoms with E-state index in [4.69, 9.17) is 22.1 Å². The van der Waals surface area contributed by atoms with Gasteiger partial charge in [-0.3, -0.25) is 0 Å². The number of hydrogen-bond donors (Lipinski definition) is 1. The van der Waals surface area contributed by atoms with Crippen molar-refractivity contribution in [2.45, 2.75) is 12.7 Å². The molecule has 2 aromatic carbocycles. The van der Waals surface area contributed by atoms with Gasteiger partial charge in [-0.2, -0.15) is 0 Å². The van der Waals surface area contributed by atoms with Gasteiger partial charge in [-0.1, -0.05) is 48.0 Å². The van der Waals surface area contributed by atoms with E-state index in [9.17, 15) is 4.39 Å². The van der Waals surface area contributed by atoms with Crippen LogP contribution in [0, 0.1) is 5.82 Å². The smallest absolute Gasteiger partial charge is 0.128 e. The normalized spacial score (nSPS) is 12.4. The first-order valence-electron chi connectivity index (χ1n) is 6.02. The van der Waals surface area contributed by atoms with E-state index in [1.807, 2.05) is 18.2 Å². The molecule has 0 aliphatic carbocycles. The molecule has 1 atom stereocenters. The second kappa shape index (κ2) is 6.66. The van der Waals surface area contributed by atoms with Crippen LogP contribution in [-0.2, 0) is 11.3 Å². The summed E-state index contributed by atoms with van der Waals surface area (Å²) in [7, 11) is 0. The monoisotopic (exact) mass is 279 g/mol. The van der Waals surface area contributed by atoms with E-state index in [-0.39, 0.29) is 25.1 Å². The Bertz CT molecular complexity index is 547. The number of hydrogen-bond acceptors (Lipinski definition) is 2. The summed E-state index contributed by atoms with van der Waals surface area (Å²) in [5, 5.41) is 0.603. The van der Waals surface area contributed by atoms with Crippen LogP contribution < -0.4 is 5.73 Å². The van der Waals surface area contributed by atoms with Gasteiger partial charge in [0.25, 0.3) is 0 Å². The van der Waals surface area contributed by atoms with Gasteiger partial charge in [0.2, 0.25) is 0 Å². The lowest BCUT2D eigenvalue weighted by Gasteiger charge is -2.18. The Kier molecular flexibility index (Phi) is 4.91. The van der Waals surface area contributed by atoms with Crippen LogP contribution in [0.1, 0.15) is 17.2 Å². The fourth-order valence-corrected chi connectivity index (χ4v) is 2.08. The summed E-state index contributed by atoms with van der Waals surface area (Å²) in [6.07, 6.45) is -0.340. The number of halogens is 2. The molecule has 1 unspecified atom stereocenters. The molecule has 0 aromatic heterocycles. The van der Waals surface area contributed by atoms with Gasteiger partial charge in [0.05, 0.1) is 12.7 Å². The van der Waals surface area contributed by atoms with Crippen molar-refractivity contribution in [2.24, 2.45) is 5.73 Å². The Balaban J connectivity index is 2.09. The van der Waals surface area contributed by atoms with Gasteiger partial charge >= 0.3 is 0 Å². The van der Waals surface area contributed by atoms with Gasteiger partial charge in [0.15, 0.2) is 0 Å². The van der Waals surface area contributed by atoms with Crippen molar-refractivity contribution in [1.29, 1.82) is 0 Å². The molecule has 0 fully saturated rings. The van der Waals surface area contributed by atoms with Crippen LogP contribution in [0.25, 0.3) is 0 Å². The van der Waals surface area contributed by atoms with Crippen LogP contribution in [0.2, 0.25) is 5.02 Å². The fraction of sp³-hybridized carbons (Fsp3) is 0.200. The molecule has 19 heavy (non-hydrogen) atoms. The average Bonchev–Trinajstić information content (AvgIpc) is 2.43. The zero-order valence-electron chi connectivity index (χ0n) is 10.4. The van der Waals surface area contributed by atoms with Gasteiger partial charge in [-0.25, -0.2) is 4.39 Å². The summed E-state index contributed by atoms with van der Waals surface area (Å²) < 4.78 is 19.2. The SMILES string of the molecule is NCC(OCc1ccccc1F)c1ccccc1Cl. The van der Waals surface area contributed by atoms with E-state index < -0.39 is 0 Å². The van der Waals surface area contributed by atoms with E-state index in [1.54, 1.807) is 24.3 Å². The quantitative estimate of drug-likeness (QED) is 0.906. The van der Waals surface area contributed by atoms with Crippen molar-refractivity contribution in [3.63, 3.8) is 0 Å². The van der Waals surface area contributed by atoms with Crippen molar-refractivity contribution in [1.82, 2.24) is 0 Å². The van der Waals surface area contributed by atoms with Crippen LogP contribution >= 0.6 is 11.6 Å². The molecule has 0 saturated heterocycles. The third-order valence-electron chi connectivity index (χ3n) is 2.86. The highest BCUT2D eigenvalue weighted by molar-refractivity contribution is 6.31. The lowest BCUT2D eigenvalue weighted by molar-refractivity contribution is 0.0441. The Labute approximate surface area is 117 Å². The molecule has 0 amide bonds. The van der Waals surface area contributed by atoms with Gasteiger partial charge in [0, 0.05) is 22.7 Å².